The van der Waals surface area contributed by atoms with Gasteiger partial charge in [0.15, 0.2) is 5.13 Å². The van der Waals surface area contributed by atoms with Gasteiger partial charge in [-0.1, -0.05) is 11.3 Å². The average Bonchev–Trinajstić information content (AvgIpc) is 3.50. The molecule has 0 bridgehead atoms. The van der Waals surface area contributed by atoms with E-state index < -0.39 is 0 Å². The summed E-state index contributed by atoms with van der Waals surface area (Å²) >= 11 is 1.45. The van der Waals surface area contributed by atoms with Crippen molar-refractivity contribution in [3.63, 3.8) is 0 Å². The van der Waals surface area contributed by atoms with Crippen LogP contribution in [0.3, 0.4) is 0 Å². The van der Waals surface area contributed by atoms with E-state index in [2.05, 4.69) is 31.3 Å². The monoisotopic (exact) mass is 472 g/mol. The van der Waals surface area contributed by atoms with Crippen molar-refractivity contribution in [3.05, 3.63) is 30.1 Å². The highest BCUT2D eigenvalue weighted by Crippen LogP contribution is 2.39. The first-order valence-electron chi connectivity index (χ1n) is 11.2. The summed E-state index contributed by atoms with van der Waals surface area (Å²) < 4.78 is 19.2. The molecule has 176 valence electrons. The summed E-state index contributed by atoms with van der Waals surface area (Å²) in [6.45, 7) is 8.07. The molecule has 2 aromatic heterocycles. The molecule has 0 atom stereocenters. The van der Waals surface area contributed by atoms with Crippen LogP contribution in [-0.4, -0.2) is 91.8 Å². The topological polar surface area (TPSA) is 94.0 Å². The number of morpholine rings is 2. The van der Waals surface area contributed by atoms with Crippen molar-refractivity contribution in [2.75, 3.05) is 76.5 Å². The zero-order valence-corrected chi connectivity index (χ0v) is 19.5. The summed E-state index contributed by atoms with van der Waals surface area (Å²) in [5.74, 6) is 0.466. The molecule has 2 fully saturated rings. The van der Waals surface area contributed by atoms with Crippen molar-refractivity contribution >= 4 is 38.3 Å². The largest absolute Gasteiger partial charge is 0.494 e. The highest BCUT2D eigenvalue weighted by Gasteiger charge is 2.20. The molecule has 2 aliphatic heterocycles. The second kappa shape index (κ2) is 10.0. The molecule has 0 aliphatic carbocycles. The van der Waals surface area contributed by atoms with Gasteiger partial charge in [0.25, 0.3) is 5.91 Å². The molecule has 1 aromatic carbocycles. The molecule has 33 heavy (non-hydrogen) atoms. The predicted molar refractivity (Wildman–Crippen MR) is 127 cm³/mol. The van der Waals surface area contributed by atoms with Gasteiger partial charge in [-0.3, -0.25) is 19.7 Å². The molecule has 3 aromatic rings. The Morgan fingerprint density at radius 1 is 1.12 bits per heavy atom. The van der Waals surface area contributed by atoms with Gasteiger partial charge >= 0.3 is 0 Å². The lowest BCUT2D eigenvalue weighted by Gasteiger charge is -2.29. The fourth-order valence-electron chi connectivity index (χ4n) is 4.08. The van der Waals surface area contributed by atoms with Crippen molar-refractivity contribution in [2.24, 2.45) is 0 Å². The van der Waals surface area contributed by atoms with E-state index in [0.717, 1.165) is 68.4 Å². The number of hydrogen-bond acceptors (Lipinski definition) is 9. The Bertz CT molecular complexity index is 1100. The molecule has 0 radical (unpaired) electrons. The lowest BCUT2D eigenvalue weighted by molar-refractivity contribution is 0.0359. The Morgan fingerprint density at radius 3 is 2.64 bits per heavy atom. The maximum atomic E-state index is 12.9. The minimum absolute atomic E-state index is 0.224. The number of methoxy groups -OCH3 is 1. The highest BCUT2D eigenvalue weighted by molar-refractivity contribution is 7.23. The molecule has 5 rings (SSSR count). The first-order chi connectivity index (χ1) is 16.2. The number of anilines is 2. The maximum Gasteiger partial charge on any atom is 0.260 e. The zero-order chi connectivity index (χ0) is 22.6. The van der Waals surface area contributed by atoms with Crippen LogP contribution < -0.4 is 15.0 Å². The third-order valence-electron chi connectivity index (χ3n) is 5.92. The molecule has 0 saturated carbocycles. The number of ether oxygens (including phenoxy) is 3. The summed E-state index contributed by atoms with van der Waals surface area (Å²) in [6, 6.07) is 3.98. The molecular weight excluding hydrogens is 444 g/mol. The van der Waals surface area contributed by atoms with Crippen LogP contribution in [0, 0.1) is 0 Å². The third-order valence-corrected chi connectivity index (χ3v) is 6.92. The highest BCUT2D eigenvalue weighted by atomic mass is 32.1. The first kappa shape index (κ1) is 22.1. The van der Waals surface area contributed by atoms with Crippen LogP contribution in [0.1, 0.15) is 10.4 Å². The standard InChI is InChI=1S/C22H28N6O4S/c1-30-18-3-2-17(27-8-12-32-13-9-27)20-19(18)24-22(33-20)25-21(29)16-14-23-28(15-16)5-4-26-6-10-31-11-7-26/h2-3,14-15H,4-13H2,1H3,(H,24,25,29). The molecule has 1 amide bonds. The van der Waals surface area contributed by atoms with Crippen molar-refractivity contribution < 1.29 is 19.0 Å². The van der Waals surface area contributed by atoms with E-state index in [1.54, 1.807) is 19.5 Å². The number of hydrogen-bond donors (Lipinski definition) is 1. The number of nitrogens with zero attached hydrogens (tertiary/aromatic N) is 5. The number of benzene rings is 1. The lowest BCUT2D eigenvalue weighted by Crippen LogP contribution is -2.38. The Morgan fingerprint density at radius 2 is 1.88 bits per heavy atom. The number of carbonyl (C=O) groups is 1. The first-order valence-corrected chi connectivity index (χ1v) is 12.0. The number of carbonyl (C=O) groups excluding carboxylic acids is 1. The molecule has 1 N–H and O–H groups in total. The van der Waals surface area contributed by atoms with Crippen LogP contribution in [0.25, 0.3) is 10.2 Å². The van der Waals surface area contributed by atoms with Crippen LogP contribution in [-0.2, 0) is 16.0 Å². The van der Waals surface area contributed by atoms with Gasteiger partial charge in [-0.2, -0.15) is 5.10 Å². The van der Waals surface area contributed by atoms with E-state index in [0.29, 0.717) is 29.7 Å². The van der Waals surface area contributed by atoms with Gasteiger partial charge < -0.3 is 19.1 Å². The maximum absolute atomic E-state index is 12.9. The van der Waals surface area contributed by atoms with Gasteiger partial charge in [0.2, 0.25) is 0 Å². The van der Waals surface area contributed by atoms with E-state index in [-0.39, 0.29) is 5.91 Å². The fourth-order valence-corrected chi connectivity index (χ4v) is 5.10. The van der Waals surface area contributed by atoms with Crippen LogP contribution >= 0.6 is 11.3 Å². The number of amides is 1. The predicted octanol–water partition coefficient (Wildman–Crippen LogP) is 1.92. The van der Waals surface area contributed by atoms with Crippen LogP contribution in [0.2, 0.25) is 0 Å². The van der Waals surface area contributed by atoms with Crippen molar-refractivity contribution in [2.45, 2.75) is 6.54 Å². The minimum Gasteiger partial charge on any atom is -0.494 e. The van der Waals surface area contributed by atoms with Gasteiger partial charge in [-0.25, -0.2) is 4.98 Å². The van der Waals surface area contributed by atoms with Crippen LogP contribution in [0.4, 0.5) is 10.8 Å². The summed E-state index contributed by atoms with van der Waals surface area (Å²) in [4.78, 5) is 22.2. The molecule has 2 saturated heterocycles. The van der Waals surface area contributed by atoms with E-state index >= 15 is 0 Å². The van der Waals surface area contributed by atoms with Crippen molar-refractivity contribution in [1.29, 1.82) is 0 Å². The second-order valence-electron chi connectivity index (χ2n) is 7.98. The van der Waals surface area contributed by atoms with E-state index in [1.165, 1.54) is 11.3 Å². The molecular formula is C22H28N6O4S. The van der Waals surface area contributed by atoms with Gasteiger partial charge in [0.1, 0.15) is 11.3 Å². The quantitative estimate of drug-likeness (QED) is 0.558. The summed E-state index contributed by atoms with van der Waals surface area (Å²) in [5.41, 5.74) is 2.35. The van der Waals surface area contributed by atoms with Crippen LogP contribution in [0.5, 0.6) is 5.75 Å². The van der Waals surface area contributed by atoms with E-state index in [4.69, 9.17) is 14.2 Å². The number of fused-ring (bicyclic) bond motifs is 1. The normalized spacial score (nSPS) is 17.4. The van der Waals surface area contributed by atoms with Crippen molar-refractivity contribution in [3.8, 4) is 5.75 Å². The lowest BCUT2D eigenvalue weighted by atomic mass is 10.2. The Hall–Kier alpha value is -2.73. The van der Waals surface area contributed by atoms with Crippen LogP contribution in [0.15, 0.2) is 24.5 Å². The second-order valence-corrected chi connectivity index (χ2v) is 8.98. The molecule has 2 aliphatic rings. The summed E-state index contributed by atoms with van der Waals surface area (Å²) in [6.07, 6.45) is 3.38. The zero-order valence-electron chi connectivity index (χ0n) is 18.7. The Balaban J connectivity index is 1.29. The number of nitrogens with one attached hydrogen (secondary N) is 1. The molecule has 0 unspecified atom stereocenters. The minimum atomic E-state index is -0.224. The Labute approximate surface area is 196 Å². The van der Waals surface area contributed by atoms with Gasteiger partial charge in [0, 0.05) is 38.9 Å². The molecule has 4 heterocycles. The summed E-state index contributed by atoms with van der Waals surface area (Å²) in [7, 11) is 1.63. The number of aromatic nitrogens is 3. The van der Waals surface area contributed by atoms with E-state index in [1.807, 2.05) is 10.7 Å². The van der Waals surface area contributed by atoms with Gasteiger partial charge in [0.05, 0.1) is 62.2 Å². The molecule has 10 nitrogen and oxygen atoms in total. The van der Waals surface area contributed by atoms with Gasteiger partial charge in [-0.15, -0.1) is 0 Å². The number of thiazole rings is 1. The van der Waals surface area contributed by atoms with E-state index in [9.17, 15) is 4.79 Å². The number of rotatable bonds is 7. The average molecular weight is 473 g/mol. The molecule has 0 spiro atoms. The Kier molecular flexibility index (Phi) is 6.72. The van der Waals surface area contributed by atoms with Crippen molar-refractivity contribution in [1.82, 2.24) is 19.7 Å². The fraction of sp³-hybridized carbons (Fsp3) is 0.500. The molecule has 11 heteroatoms. The smallest absolute Gasteiger partial charge is 0.260 e. The SMILES string of the molecule is COc1ccc(N2CCOCC2)c2sc(NC(=O)c3cnn(CCN4CCOCC4)c3)nc12. The van der Waals surface area contributed by atoms with Gasteiger partial charge in [-0.05, 0) is 12.1 Å². The third kappa shape index (κ3) is 4.96. The summed E-state index contributed by atoms with van der Waals surface area (Å²) in [5, 5.41) is 7.83.